The van der Waals surface area contributed by atoms with E-state index in [2.05, 4.69) is 10.6 Å². The molecule has 0 unspecified atom stereocenters. The number of carbonyl (C=O) groups excluding carboxylic acids is 2. The molecular formula is C28H48N2O20. The fourth-order valence-electron chi connectivity index (χ4n) is 6.28. The van der Waals surface area contributed by atoms with Crippen LogP contribution in [-0.2, 0) is 42.7 Å². The van der Waals surface area contributed by atoms with Crippen LogP contribution in [0.5, 0.6) is 0 Å². The number of aliphatic hydroxyl groups excluding tert-OH is 11. The van der Waals surface area contributed by atoms with Crippen LogP contribution in [-0.4, -0.2) is 211 Å². The first-order valence-corrected chi connectivity index (χ1v) is 15.9. The zero-order chi connectivity index (χ0) is 37.2. The Hall–Kier alpha value is -1.78. The third-order valence-corrected chi connectivity index (χ3v) is 8.97. The Kier molecular flexibility index (Phi) is 14.2. The molecule has 4 saturated heterocycles. The molecule has 4 fully saturated rings. The van der Waals surface area contributed by atoms with Crippen molar-refractivity contribution in [2.75, 3.05) is 19.8 Å². The highest BCUT2D eigenvalue weighted by molar-refractivity contribution is 5.73. The maximum Gasteiger partial charge on any atom is 0.217 e. The summed E-state index contributed by atoms with van der Waals surface area (Å²) >= 11 is 0. The van der Waals surface area contributed by atoms with Crippen molar-refractivity contribution in [3.63, 3.8) is 0 Å². The van der Waals surface area contributed by atoms with Gasteiger partial charge in [0.1, 0.15) is 91.4 Å². The lowest BCUT2D eigenvalue weighted by molar-refractivity contribution is -0.381. The predicted octanol–water partition coefficient (Wildman–Crippen LogP) is -8.43. The fraction of sp³-hybridized carbons (Fsp3) is 0.929. The van der Waals surface area contributed by atoms with Crippen LogP contribution in [0.2, 0.25) is 0 Å². The van der Waals surface area contributed by atoms with E-state index in [9.17, 15) is 65.8 Å². The molecule has 0 saturated carbocycles. The van der Waals surface area contributed by atoms with Crippen LogP contribution in [0.25, 0.3) is 0 Å². The molecule has 0 spiro atoms. The number of hydrogen-bond acceptors (Lipinski definition) is 20. The Bertz CT molecular complexity index is 1130. The van der Waals surface area contributed by atoms with Crippen LogP contribution in [0.15, 0.2) is 0 Å². The number of amides is 2. The summed E-state index contributed by atoms with van der Waals surface area (Å²) in [5.41, 5.74) is 0. The minimum atomic E-state index is -2.04. The molecule has 0 bridgehead atoms. The molecule has 22 heteroatoms. The van der Waals surface area contributed by atoms with Crippen molar-refractivity contribution in [1.82, 2.24) is 10.6 Å². The Balaban J connectivity index is 1.65. The monoisotopic (exact) mass is 732 g/mol. The molecule has 2 amide bonds. The Morgan fingerprint density at radius 3 is 1.60 bits per heavy atom. The number of rotatable bonds is 11. The van der Waals surface area contributed by atoms with Gasteiger partial charge in [-0.05, 0) is 6.92 Å². The largest absolute Gasteiger partial charge is 0.394 e. The number of carbonyl (C=O) groups is 2. The quantitative estimate of drug-likeness (QED) is 0.0938. The summed E-state index contributed by atoms with van der Waals surface area (Å²) in [5, 5.41) is 120. The van der Waals surface area contributed by atoms with Crippen molar-refractivity contribution in [3.8, 4) is 0 Å². The molecule has 4 aliphatic heterocycles. The van der Waals surface area contributed by atoms with Gasteiger partial charge < -0.3 is 100.0 Å². The summed E-state index contributed by atoms with van der Waals surface area (Å²) in [6.07, 6.45) is -30.4. The topological polar surface area (TPSA) is 345 Å². The summed E-state index contributed by atoms with van der Waals surface area (Å²) in [4.78, 5) is 24.0. The second-order valence-electron chi connectivity index (χ2n) is 12.6. The molecule has 0 aliphatic carbocycles. The van der Waals surface area contributed by atoms with Gasteiger partial charge in [-0.25, -0.2) is 0 Å². The first-order chi connectivity index (χ1) is 23.5. The van der Waals surface area contributed by atoms with Crippen molar-refractivity contribution in [3.05, 3.63) is 0 Å². The van der Waals surface area contributed by atoms with Gasteiger partial charge in [0.15, 0.2) is 25.2 Å². The Morgan fingerprint density at radius 1 is 0.520 bits per heavy atom. The molecule has 0 aromatic rings. The van der Waals surface area contributed by atoms with Crippen LogP contribution >= 0.6 is 0 Å². The van der Waals surface area contributed by atoms with Gasteiger partial charge in [-0.3, -0.25) is 9.59 Å². The molecule has 50 heavy (non-hydrogen) atoms. The highest BCUT2D eigenvalue weighted by atomic mass is 16.8. The molecule has 20 atom stereocenters. The van der Waals surface area contributed by atoms with Crippen LogP contribution < -0.4 is 10.6 Å². The maximum atomic E-state index is 12.1. The molecule has 4 rings (SSSR count). The molecule has 0 aromatic heterocycles. The van der Waals surface area contributed by atoms with Crippen molar-refractivity contribution in [1.29, 1.82) is 0 Å². The van der Waals surface area contributed by atoms with Gasteiger partial charge in [-0.15, -0.1) is 0 Å². The summed E-state index contributed by atoms with van der Waals surface area (Å²) in [5.74, 6) is -1.40. The first kappa shape index (κ1) is 41.0. The highest BCUT2D eigenvalue weighted by Crippen LogP contribution is 2.34. The molecule has 4 aliphatic rings. The summed E-state index contributed by atoms with van der Waals surface area (Å²) < 4.78 is 39.9. The average Bonchev–Trinajstić information content (AvgIpc) is 3.06. The first-order valence-electron chi connectivity index (χ1n) is 15.9. The van der Waals surface area contributed by atoms with E-state index in [-0.39, 0.29) is 0 Å². The van der Waals surface area contributed by atoms with Gasteiger partial charge in [-0.1, -0.05) is 0 Å². The molecule has 290 valence electrons. The standard InChI is InChI=1S/C28H48N2O20/c1-7-15(36)19(40)20(41)27(44-7)49-23-14(30-9(3)35)25(43)45-12(6-33)22(23)48-28-21(42)24(17(38)11(5-32)47-28)50-26-13(29-8(2)34)18(39)16(37)10(4-31)46-26/h7,10-28,31-33,36-43H,4-6H2,1-3H3,(H,29,34)(H,30,35)/t7-,10+,11+,12+,13+,14+,15+,16-,17-,18+,19+,20-,21+,22+,23+,24-,25+,26+,27-,28-/m0/s1. The van der Waals surface area contributed by atoms with Crippen molar-refractivity contribution < 1.29 is 98.9 Å². The minimum Gasteiger partial charge on any atom is -0.394 e. The van der Waals surface area contributed by atoms with Gasteiger partial charge in [0.25, 0.3) is 0 Å². The summed E-state index contributed by atoms with van der Waals surface area (Å²) in [6.45, 7) is 0.960. The molecule has 0 aromatic carbocycles. The van der Waals surface area contributed by atoms with E-state index in [1.54, 1.807) is 0 Å². The van der Waals surface area contributed by atoms with Crippen molar-refractivity contribution in [2.24, 2.45) is 0 Å². The molecule has 22 nitrogen and oxygen atoms in total. The van der Waals surface area contributed by atoms with Crippen LogP contribution in [0.4, 0.5) is 0 Å². The number of aliphatic hydroxyl groups is 11. The average molecular weight is 733 g/mol. The summed E-state index contributed by atoms with van der Waals surface area (Å²) in [7, 11) is 0. The molecular weight excluding hydrogens is 684 g/mol. The normalized spacial score (nSPS) is 48.5. The molecule has 13 N–H and O–H groups in total. The van der Waals surface area contributed by atoms with Crippen LogP contribution in [0.1, 0.15) is 20.8 Å². The van der Waals surface area contributed by atoms with E-state index in [4.69, 9.17) is 33.2 Å². The predicted molar refractivity (Wildman–Crippen MR) is 156 cm³/mol. The fourth-order valence-corrected chi connectivity index (χ4v) is 6.28. The number of hydrogen-bond donors (Lipinski definition) is 13. The zero-order valence-corrected chi connectivity index (χ0v) is 27.3. The van der Waals surface area contributed by atoms with Crippen molar-refractivity contribution in [2.45, 2.75) is 143 Å². The SMILES string of the molecule is CC(=O)N[C@@H]1[C@@H](O[C@@H]2O[C@@H](C)[C@@H](O)[C@@H](O)[C@@H]2O)[C@H](O[C@@H]2O[C@H](CO)[C@H](O)[C@H](O[C@H]3O[C@H](CO)[C@H](O)[C@H](O)[C@H]3NC(C)=O)[C@H]2O)[C@@H](CO)O[C@H]1O. The third kappa shape index (κ3) is 8.70. The molecule has 4 heterocycles. The van der Waals surface area contributed by atoms with Gasteiger partial charge in [-0.2, -0.15) is 0 Å². The second-order valence-corrected chi connectivity index (χ2v) is 12.6. The van der Waals surface area contributed by atoms with Gasteiger partial charge in [0, 0.05) is 13.8 Å². The van der Waals surface area contributed by atoms with Crippen LogP contribution in [0, 0.1) is 0 Å². The molecule has 0 radical (unpaired) electrons. The summed E-state index contributed by atoms with van der Waals surface area (Å²) in [6, 6.07) is -3.03. The van der Waals surface area contributed by atoms with E-state index in [1.165, 1.54) is 6.92 Å². The van der Waals surface area contributed by atoms with Gasteiger partial charge in [0.2, 0.25) is 11.8 Å². The van der Waals surface area contributed by atoms with E-state index in [0.717, 1.165) is 13.8 Å². The van der Waals surface area contributed by atoms with E-state index in [0.29, 0.717) is 0 Å². The lowest BCUT2D eigenvalue weighted by atomic mass is 9.94. The van der Waals surface area contributed by atoms with E-state index >= 15 is 0 Å². The third-order valence-electron chi connectivity index (χ3n) is 8.97. The van der Waals surface area contributed by atoms with Crippen LogP contribution in [0.3, 0.4) is 0 Å². The second kappa shape index (κ2) is 17.4. The number of ether oxygens (including phenoxy) is 7. The highest BCUT2D eigenvalue weighted by Gasteiger charge is 2.56. The van der Waals surface area contributed by atoms with Crippen molar-refractivity contribution >= 4 is 11.8 Å². The van der Waals surface area contributed by atoms with Gasteiger partial charge in [0.05, 0.1) is 25.9 Å². The minimum absolute atomic E-state index is 0.693. The smallest absolute Gasteiger partial charge is 0.217 e. The van der Waals surface area contributed by atoms with E-state index < -0.39 is 154 Å². The number of nitrogens with one attached hydrogen (secondary N) is 2. The van der Waals surface area contributed by atoms with E-state index in [1.807, 2.05) is 0 Å². The van der Waals surface area contributed by atoms with Gasteiger partial charge >= 0.3 is 0 Å². The lowest BCUT2D eigenvalue weighted by Gasteiger charge is -2.50. The lowest BCUT2D eigenvalue weighted by Crippen LogP contribution is -2.70. The Labute approximate surface area is 285 Å². The maximum absolute atomic E-state index is 12.1. The zero-order valence-electron chi connectivity index (χ0n) is 27.3. The Morgan fingerprint density at radius 2 is 1.02 bits per heavy atom.